The molecule has 1 fully saturated rings. The molecular formula is C67H116O12. The molecule has 0 spiro atoms. The van der Waals surface area contributed by atoms with Crippen LogP contribution < -0.4 is 0 Å². The van der Waals surface area contributed by atoms with Gasteiger partial charge >= 0.3 is 23.9 Å². The third-order valence-electron chi connectivity index (χ3n) is 14.5. The minimum absolute atomic E-state index is 0.0435. The van der Waals surface area contributed by atoms with Crippen LogP contribution in [0.4, 0.5) is 0 Å². The molecule has 1 heterocycles. The Hall–Kier alpha value is -3.58. The van der Waals surface area contributed by atoms with E-state index in [0.717, 1.165) is 122 Å². The van der Waals surface area contributed by atoms with E-state index < -0.39 is 67.3 Å². The second-order valence-electron chi connectivity index (χ2n) is 22.0. The normalized spacial score (nSPS) is 18.2. The van der Waals surface area contributed by atoms with E-state index in [1.54, 1.807) is 0 Å². The van der Waals surface area contributed by atoms with Gasteiger partial charge in [-0.05, 0) is 83.5 Å². The Labute approximate surface area is 481 Å². The molecule has 0 amide bonds. The molecule has 0 aromatic carbocycles. The second-order valence-corrected chi connectivity index (χ2v) is 22.0. The van der Waals surface area contributed by atoms with E-state index in [1.165, 1.54) is 109 Å². The van der Waals surface area contributed by atoms with E-state index >= 15 is 0 Å². The van der Waals surface area contributed by atoms with Gasteiger partial charge < -0.3 is 39.0 Å². The van der Waals surface area contributed by atoms with Crippen LogP contribution in [0, 0.1) is 0 Å². The van der Waals surface area contributed by atoms with Gasteiger partial charge in [0.15, 0.2) is 24.6 Å². The maximum atomic E-state index is 13.2. The molecule has 6 atom stereocenters. The van der Waals surface area contributed by atoms with Gasteiger partial charge in [-0.1, -0.05) is 248 Å². The number of unbranched alkanes of at least 4 members (excludes halogenated alkanes) is 31. The Morgan fingerprint density at radius 1 is 0.418 bits per heavy atom. The predicted molar refractivity (Wildman–Crippen MR) is 322 cm³/mol. The summed E-state index contributed by atoms with van der Waals surface area (Å²) in [6, 6.07) is 0. The quantitative estimate of drug-likeness (QED) is 0.0228. The van der Waals surface area contributed by atoms with E-state index in [4.69, 9.17) is 23.7 Å². The average molecular weight is 1110 g/mol. The summed E-state index contributed by atoms with van der Waals surface area (Å²) in [6.07, 6.45) is 56.1. The zero-order valence-electron chi connectivity index (χ0n) is 50.4. The Bertz CT molecular complexity index is 1600. The second kappa shape index (κ2) is 55.0. The standard InChI is InChI=1S/C67H116O12/c1-4-7-10-13-16-19-22-25-27-29-30-32-33-36-38-41-44-47-50-53-59(68)75-56-58(77-60(69)54-51-48-45-42-40-37-34-31-28-26-23-20-17-14-11-8-5-2)57-76-67-65(63(72)62(71)64(79-67)66(73)74)78-61(70)55-52-49-46-43-39-35-24-21-18-15-12-9-6-3/h12,15-16,19,21,24-25,27,30,32,58,62-65,67,71-72H,4-11,13-14,17-18,20,22-23,26,28-29,31,33-57H2,1-3H3,(H,73,74)/b15-12-,19-16-,24-21-,27-25-,32-30-. The number of carboxylic acids is 1. The Balaban J connectivity index is 2.66. The van der Waals surface area contributed by atoms with Crippen molar-refractivity contribution in [1.82, 2.24) is 0 Å². The fraction of sp³-hybridized carbons (Fsp3) is 0.791. The molecule has 1 aliphatic rings. The predicted octanol–water partition coefficient (Wildman–Crippen LogP) is 17.1. The van der Waals surface area contributed by atoms with Crippen LogP contribution in [0.1, 0.15) is 290 Å². The van der Waals surface area contributed by atoms with Gasteiger partial charge in [0.05, 0.1) is 6.61 Å². The van der Waals surface area contributed by atoms with Crippen molar-refractivity contribution < 1.29 is 58.2 Å². The molecule has 79 heavy (non-hydrogen) atoms. The lowest BCUT2D eigenvalue weighted by molar-refractivity contribution is -0.301. The fourth-order valence-corrected chi connectivity index (χ4v) is 9.59. The van der Waals surface area contributed by atoms with Gasteiger partial charge in [0.25, 0.3) is 0 Å². The first-order valence-corrected chi connectivity index (χ1v) is 32.3. The molecule has 6 unspecified atom stereocenters. The van der Waals surface area contributed by atoms with Crippen LogP contribution in [-0.4, -0.2) is 89.2 Å². The van der Waals surface area contributed by atoms with E-state index in [2.05, 4.69) is 81.5 Å². The number of aliphatic hydroxyl groups is 2. The van der Waals surface area contributed by atoms with Crippen LogP contribution in [0.3, 0.4) is 0 Å². The van der Waals surface area contributed by atoms with Gasteiger partial charge in [0.1, 0.15) is 18.8 Å². The van der Waals surface area contributed by atoms with Crippen molar-refractivity contribution in [3.8, 4) is 0 Å². The molecule has 456 valence electrons. The monoisotopic (exact) mass is 1110 g/mol. The first-order valence-electron chi connectivity index (χ1n) is 32.3. The Morgan fingerprint density at radius 2 is 0.785 bits per heavy atom. The maximum Gasteiger partial charge on any atom is 0.335 e. The van der Waals surface area contributed by atoms with E-state index in [0.29, 0.717) is 19.3 Å². The molecule has 3 N–H and O–H groups in total. The molecule has 0 aromatic heterocycles. The summed E-state index contributed by atoms with van der Waals surface area (Å²) in [5.74, 6) is -3.13. The lowest BCUT2D eigenvalue weighted by atomic mass is 9.98. The molecule has 0 saturated carbocycles. The molecule has 1 saturated heterocycles. The van der Waals surface area contributed by atoms with Crippen molar-refractivity contribution in [3.63, 3.8) is 0 Å². The molecule has 0 radical (unpaired) electrons. The molecular weight excluding hydrogens is 997 g/mol. The lowest BCUT2D eigenvalue weighted by Crippen LogP contribution is -2.61. The first kappa shape index (κ1) is 73.4. The van der Waals surface area contributed by atoms with E-state index in [9.17, 15) is 34.5 Å². The summed E-state index contributed by atoms with van der Waals surface area (Å²) in [4.78, 5) is 51.3. The van der Waals surface area contributed by atoms with Crippen LogP contribution >= 0.6 is 0 Å². The number of carbonyl (C=O) groups excluding carboxylic acids is 3. The van der Waals surface area contributed by atoms with Gasteiger partial charge in [0.2, 0.25) is 0 Å². The zero-order valence-corrected chi connectivity index (χ0v) is 50.4. The van der Waals surface area contributed by atoms with Gasteiger partial charge in [-0.15, -0.1) is 0 Å². The molecule has 0 bridgehead atoms. The first-order chi connectivity index (χ1) is 38.6. The van der Waals surface area contributed by atoms with Gasteiger partial charge in [0, 0.05) is 19.3 Å². The van der Waals surface area contributed by atoms with Gasteiger partial charge in [-0.25, -0.2) is 4.79 Å². The van der Waals surface area contributed by atoms with Crippen LogP contribution in [0.2, 0.25) is 0 Å². The van der Waals surface area contributed by atoms with Crippen LogP contribution in [0.5, 0.6) is 0 Å². The molecule has 1 aliphatic heterocycles. The number of carboxylic acid groups (broad SMARTS) is 1. The fourth-order valence-electron chi connectivity index (χ4n) is 9.59. The highest BCUT2D eigenvalue weighted by molar-refractivity contribution is 5.74. The number of allylic oxidation sites excluding steroid dienone is 10. The third kappa shape index (κ3) is 44.7. The Morgan fingerprint density at radius 3 is 1.23 bits per heavy atom. The SMILES string of the molecule is CCC/C=C\C/C=C\CCCCCCCC(=O)OC1C(OCC(COC(=O)CCCCCCCC/C=C\C/C=C\C/C=C\CCCCC)OC(=O)CCCCCCCCCCCCCCCCCCC)OC(C(=O)O)C(O)C1O. The summed E-state index contributed by atoms with van der Waals surface area (Å²) < 4.78 is 28.5. The smallest absolute Gasteiger partial charge is 0.335 e. The average Bonchev–Trinajstić information content (AvgIpc) is 3.46. The Kier molecular flexibility index (Phi) is 51.1. The number of carbonyl (C=O) groups is 4. The van der Waals surface area contributed by atoms with Crippen molar-refractivity contribution in [2.24, 2.45) is 0 Å². The maximum absolute atomic E-state index is 13.2. The number of rotatable bonds is 55. The van der Waals surface area contributed by atoms with Crippen molar-refractivity contribution in [1.29, 1.82) is 0 Å². The molecule has 12 heteroatoms. The van der Waals surface area contributed by atoms with Gasteiger partial charge in [-0.3, -0.25) is 14.4 Å². The molecule has 0 aromatic rings. The summed E-state index contributed by atoms with van der Waals surface area (Å²) in [7, 11) is 0. The number of hydrogen-bond donors (Lipinski definition) is 3. The van der Waals surface area contributed by atoms with Crippen molar-refractivity contribution in [2.45, 2.75) is 327 Å². The molecule has 12 nitrogen and oxygen atoms in total. The zero-order chi connectivity index (χ0) is 57.5. The highest BCUT2D eigenvalue weighted by Gasteiger charge is 2.50. The lowest BCUT2D eigenvalue weighted by Gasteiger charge is -2.40. The number of aliphatic hydroxyl groups excluding tert-OH is 2. The minimum atomic E-state index is -1.91. The van der Waals surface area contributed by atoms with Crippen LogP contribution in [-0.2, 0) is 42.9 Å². The summed E-state index contributed by atoms with van der Waals surface area (Å²) >= 11 is 0. The molecule has 0 aliphatic carbocycles. The van der Waals surface area contributed by atoms with Gasteiger partial charge in [-0.2, -0.15) is 0 Å². The van der Waals surface area contributed by atoms with Crippen LogP contribution in [0.15, 0.2) is 60.8 Å². The van der Waals surface area contributed by atoms with E-state index in [1.807, 2.05) is 0 Å². The summed E-state index contributed by atoms with van der Waals surface area (Å²) in [5.41, 5.74) is 0. The highest BCUT2D eigenvalue weighted by Crippen LogP contribution is 2.27. The molecule has 1 rings (SSSR count). The van der Waals surface area contributed by atoms with Crippen molar-refractivity contribution in [2.75, 3.05) is 13.2 Å². The minimum Gasteiger partial charge on any atom is -0.479 e. The third-order valence-corrected chi connectivity index (χ3v) is 14.5. The summed E-state index contributed by atoms with van der Waals surface area (Å²) in [5, 5.41) is 31.5. The summed E-state index contributed by atoms with van der Waals surface area (Å²) in [6.45, 7) is 5.92. The number of aliphatic carboxylic acids is 1. The number of ether oxygens (including phenoxy) is 5. The highest BCUT2D eigenvalue weighted by atomic mass is 16.7. The van der Waals surface area contributed by atoms with Crippen molar-refractivity contribution in [3.05, 3.63) is 60.8 Å². The van der Waals surface area contributed by atoms with E-state index in [-0.39, 0.29) is 25.9 Å². The van der Waals surface area contributed by atoms with Crippen LogP contribution in [0.25, 0.3) is 0 Å². The largest absolute Gasteiger partial charge is 0.479 e. The number of esters is 3. The number of hydrogen-bond acceptors (Lipinski definition) is 11. The topological polar surface area (TPSA) is 175 Å². The van der Waals surface area contributed by atoms with Crippen molar-refractivity contribution >= 4 is 23.9 Å².